The van der Waals surface area contributed by atoms with Crippen molar-refractivity contribution in [3.05, 3.63) is 0 Å². The monoisotopic (exact) mass is 168 g/mol. The predicted octanol–water partition coefficient (Wildman–Crippen LogP) is 2.55. The molecular formula is C6H10Cl2O. The average molecular weight is 169 g/mol. The minimum absolute atomic E-state index is 0.301. The largest absolute Gasteiger partial charge is 0.281 e. The standard InChI is InChI=1S/C6H10Cl2O/c1-6(2,8)4-3-5(7)9/h3-4H2,1-2H3. The maximum absolute atomic E-state index is 10.2. The molecule has 0 fully saturated rings. The van der Waals surface area contributed by atoms with Crippen LogP contribution in [-0.2, 0) is 4.79 Å². The van der Waals surface area contributed by atoms with E-state index < -0.39 is 0 Å². The van der Waals surface area contributed by atoms with Crippen LogP contribution in [0.2, 0.25) is 0 Å². The van der Waals surface area contributed by atoms with Crippen molar-refractivity contribution < 1.29 is 4.79 Å². The summed E-state index contributed by atoms with van der Waals surface area (Å²) in [5, 5.41) is -0.316. The SMILES string of the molecule is CC(C)(Cl)CCC(=O)Cl. The van der Waals surface area contributed by atoms with Gasteiger partial charge in [-0.15, -0.1) is 11.6 Å². The van der Waals surface area contributed by atoms with Gasteiger partial charge in [0.25, 0.3) is 0 Å². The fourth-order valence-corrected chi connectivity index (χ4v) is 0.585. The van der Waals surface area contributed by atoms with E-state index in [1.165, 1.54) is 0 Å². The Balaban J connectivity index is 3.39. The van der Waals surface area contributed by atoms with Gasteiger partial charge in [0.05, 0.1) is 0 Å². The van der Waals surface area contributed by atoms with Crippen molar-refractivity contribution >= 4 is 28.4 Å². The highest BCUT2D eigenvalue weighted by Crippen LogP contribution is 2.19. The van der Waals surface area contributed by atoms with Crippen molar-refractivity contribution in [3.8, 4) is 0 Å². The normalized spacial score (nSPS) is 11.6. The summed E-state index contributed by atoms with van der Waals surface area (Å²) in [6.07, 6.45) is 0.995. The van der Waals surface area contributed by atoms with E-state index in [4.69, 9.17) is 23.2 Å². The first-order valence-corrected chi connectivity index (χ1v) is 3.55. The Morgan fingerprint density at radius 1 is 1.56 bits per heavy atom. The van der Waals surface area contributed by atoms with E-state index in [9.17, 15) is 4.79 Å². The Morgan fingerprint density at radius 3 is 2.11 bits per heavy atom. The molecule has 9 heavy (non-hydrogen) atoms. The molecule has 0 rings (SSSR count). The molecule has 0 aromatic rings. The van der Waals surface area contributed by atoms with Crippen molar-refractivity contribution in [3.63, 3.8) is 0 Å². The Kier molecular flexibility index (Phi) is 3.52. The van der Waals surface area contributed by atoms with Gasteiger partial charge in [0.2, 0.25) is 5.24 Å². The zero-order valence-electron chi connectivity index (χ0n) is 5.58. The third-order valence-electron chi connectivity index (χ3n) is 0.916. The molecule has 0 aliphatic rings. The minimum atomic E-state index is -0.316. The van der Waals surface area contributed by atoms with Crippen LogP contribution in [0, 0.1) is 0 Å². The molecule has 0 aromatic carbocycles. The van der Waals surface area contributed by atoms with Crippen molar-refractivity contribution in [2.24, 2.45) is 0 Å². The summed E-state index contributed by atoms with van der Waals surface area (Å²) in [6, 6.07) is 0. The lowest BCUT2D eigenvalue weighted by Crippen LogP contribution is -2.10. The van der Waals surface area contributed by atoms with Gasteiger partial charge in [-0.25, -0.2) is 0 Å². The zero-order valence-corrected chi connectivity index (χ0v) is 7.09. The van der Waals surface area contributed by atoms with Crippen molar-refractivity contribution in [2.75, 3.05) is 0 Å². The third kappa shape index (κ3) is 8.25. The number of halogens is 2. The molecule has 0 heterocycles. The van der Waals surface area contributed by atoms with E-state index in [1.807, 2.05) is 13.8 Å². The fraction of sp³-hybridized carbons (Fsp3) is 0.833. The molecule has 0 atom stereocenters. The highest BCUT2D eigenvalue weighted by Gasteiger charge is 2.13. The number of alkyl halides is 1. The lowest BCUT2D eigenvalue weighted by Gasteiger charge is -2.12. The molecule has 1 nitrogen and oxygen atoms in total. The van der Waals surface area contributed by atoms with E-state index >= 15 is 0 Å². The molecule has 0 amide bonds. The van der Waals surface area contributed by atoms with Crippen LogP contribution >= 0.6 is 23.2 Å². The number of carbonyl (C=O) groups excluding carboxylic acids is 1. The highest BCUT2D eigenvalue weighted by molar-refractivity contribution is 6.63. The molecule has 0 saturated heterocycles. The van der Waals surface area contributed by atoms with Crippen LogP contribution in [0.1, 0.15) is 26.7 Å². The lowest BCUT2D eigenvalue weighted by molar-refractivity contribution is -0.111. The van der Waals surface area contributed by atoms with Gasteiger partial charge in [-0.05, 0) is 31.9 Å². The number of rotatable bonds is 3. The summed E-state index contributed by atoms with van der Waals surface area (Å²) in [4.78, 5) is 9.90. The second-order valence-electron chi connectivity index (χ2n) is 2.57. The molecule has 0 spiro atoms. The van der Waals surface area contributed by atoms with Crippen LogP contribution in [0.25, 0.3) is 0 Å². The van der Waals surface area contributed by atoms with Crippen LogP contribution in [0.15, 0.2) is 0 Å². The summed E-state index contributed by atoms with van der Waals surface area (Å²) < 4.78 is 0. The quantitative estimate of drug-likeness (QED) is 0.468. The predicted molar refractivity (Wildman–Crippen MR) is 40.0 cm³/mol. The zero-order chi connectivity index (χ0) is 7.49. The van der Waals surface area contributed by atoms with E-state index in [2.05, 4.69) is 0 Å². The van der Waals surface area contributed by atoms with Gasteiger partial charge in [0, 0.05) is 11.3 Å². The Bertz CT molecular complexity index is 104. The number of hydrogen-bond acceptors (Lipinski definition) is 1. The molecule has 0 unspecified atom stereocenters. The van der Waals surface area contributed by atoms with Crippen molar-refractivity contribution in [1.29, 1.82) is 0 Å². The molecule has 0 aliphatic heterocycles. The average Bonchev–Trinajstić information content (AvgIpc) is 1.59. The van der Waals surface area contributed by atoms with Gasteiger partial charge in [-0.3, -0.25) is 4.79 Å². The fourth-order valence-electron chi connectivity index (χ4n) is 0.396. The first-order valence-electron chi connectivity index (χ1n) is 2.79. The molecular weight excluding hydrogens is 159 g/mol. The maximum atomic E-state index is 10.2. The van der Waals surface area contributed by atoms with Gasteiger partial charge in [-0.2, -0.15) is 0 Å². The molecule has 0 saturated carbocycles. The summed E-state index contributed by atoms with van der Waals surface area (Å²) in [7, 11) is 0. The highest BCUT2D eigenvalue weighted by atomic mass is 35.5. The van der Waals surface area contributed by atoms with Crippen molar-refractivity contribution in [2.45, 2.75) is 31.6 Å². The second-order valence-corrected chi connectivity index (χ2v) is 4.02. The summed E-state index contributed by atoms with van der Waals surface area (Å²) in [6.45, 7) is 3.71. The van der Waals surface area contributed by atoms with Crippen LogP contribution < -0.4 is 0 Å². The van der Waals surface area contributed by atoms with Gasteiger partial charge < -0.3 is 0 Å². The van der Waals surface area contributed by atoms with Gasteiger partial charge in [-0.1, -0.05) is 0 Å². The summed E-state index contributed by atoms with van der Waals surface area (Å²) in [5.74, 6) is 0. The van der Waals surface area contributed by atoms with Gasteiger partial charge in [0.1, 0.15) is 0 Å². The van der Waals surface area contributed by atoms with Gasteiger partial charge in [0.15, 0.2) is 0 Å². The van der Waals surface area contributed by atoms with Crippen LogP contribution in [-0.4, -0.2) is 10.1 Å². The Hall–Kier alpha value is 0.250. The molecule has 0 aliphatic carbocycles. The smallest absolute Gasteiger partial charge is 0.221 e. The Morgan fingerprint density at radius 2 is 2.00 bits per heavy atom. The van der Waals surface area contributed by atoms with Crippen LogP contribution in [0.3, 0.4) is 0 Å². The number of carbonyl (C=O) groups is 1. The first kappa shape index (κ1) is 9.25. The molecule has 0 aromatic heterocycles. The summed E-state index contributed by atoms with van der Waals surface area (Å²) >= 11 is 10.9. The molecule has 3 heteroatoms. The van der Waals surface area contributed by atoms with Crippen LogP contribution in [0.4, 0.5) is 0 Å². The molecule has 0 bridgehead atoms. The summed E-state index contributed by atoms with van der Waals surface area (Å²) in [5.41, 5.74) is 0. The van der Waals surface area contributed by atoms with Crippen molar-refractivity contribution in [1.82, 2.24) is 0 Å². The topological polar surface area (TPSA) is 17.1 Å². The van der Waals surface area contributed by atoms with Gasteiger partial charge >= 0.3 is 0 Å². The van der Waals surface area contributed by atoms with E-state index in [0.717, 1.165) is 0 Å². The number of hydrogen-bond donors (Lipinski definition) is 0. The maximum Gasteiger partial charge on any atom is 0.221 e. The molecule has 0 radical (unpaired) electrons. The second kappa shape index (κ2) is 3.43. The van der Waals surface area contributed by atoms with E-state index in [1.54, 1.807) is 0 Å². The molecule has 54 valence electrons. The minimum Gasteiger partial charge on any atom is -0.281 e. The van der Waals surface area contributed by atoms with Crippen LogP contribution in [0.5, 0.6) is 0 Å². The van der Waals surface area contributed by atoms with E-state index in [0.29, 0.717) is 12.8 Å². The third-order valence-corrected chi connectivity index (χ3v) is 1.29. The molecule has 0 N–H and O–H groups in total. The lowest BCUT2D eigenvalue weighted by atomic mass is 10.1. The van der Waals surface area contributed by atoms with E-state index in [-0.39, 0.29) is 10.1 Å². The first-order chi connectivity index (χ1) is 3.92. The Labute approximate surface area is 65.3 Å².